The van der Waals surface area contributed by atoms with E-state index in [9.17, 15) is 0 Å². The number of hydrogen-bond donors (Lipinski definition) is 1. The van der Waals surface area contributed by atoms with Crippen LogP contribution in [-0.2, 0) is 6.42 Å². The Bertz CT molecular complexity index is 870. The Hall–Kier alpha value is -3.72. The van der Waals surface area contributed by atoms with Crippen molar-refractivity contribution in [3.8, 4) is 23.0 Å². The fourth-order valence-electron chi connectivity index (χ4n) is 3.40. The normalized spacial score (nSPS) is 12.3. The summed E-state index contributed by atoms with van der Waals surface area (Å²) in [6.45, 7) is 0. The number of fused-ring (bicyclic) bond motifs is 4. The standard InChI is InChI=1S/C13H10O.C12H9NO/c1-3-7-12-10(5-1)9-11-6-2-4-8-13(11)14-12;1-3-7-11-9(5-1)13-10-6-2-4-8-12(10)14-11/h1-8H,9H2;1-8,13H. The second-order valence-electron chi connectivity index (χ2n) is 6.71. The maximum atomic E-state index is 5.78. The van der Waals surface area contributed by atoms with E-state index in [2.05, 4.69) is 29.6 Å². The molecule has 0 bridgehead atoms. The average Bonchev–Trinajstić information content (AvgIpc) is 2.76. The first-order valence-electron chi connectivity index (χ1n) is 9.33. The molecule has 0 amide bonds. The molecule has 2 heterocycles. The van der Waals surface area contributed by atoms with Gasteiger partial charge in [-0.3, -0.25) is 0 Å². The molecule has 4 aromatic carbocycles. The van der Waals surface area contributed by atoms with Crippen LogP contribution in [0.1, 0.15) is 11.1 Å². The molecule has 4 aromatic rings. The van der Waals surface area contributed by atoms with Crippen LogP contribution in [0.3, 0.4) is 0 Å². The largest absolute Gasteiger partial charge is 0.457 e. The Kier molecular flexibility index (Phi) is 4.19. The van der Waals surface area contributed by atoms with Crippen molar-refractivity contribution in [2.24, 2.45) is 0 Å². The van der Waals surface area contributed by atoms with Gasteiger partial charge in [0, 0.05) is 6.42 Å². The van der Waals surface area contributed by atoms with Crippen LogP contribution >= 0.6 is 0 Å². The summed E-state index contributed by atoms with van der Waals surface area (Å²) in [4.78, 5) is 0. The highest BCUT2D eigenvalue weighted by atomic mass is 16.5. The summed E-state index contributed by atoms with van der Waals surface area (Å²) in [6, 6.07) is 32.2. The van der Waals surface area contributed by atoms with Crippen LogP contribution in [0.15, 0.2) is 97.1 Å². The van der Waals surface area contributed by atoms with Crippen LogP contribution < -0.4 is 14.8 Å². The van der Waals surface area contributed by atoms with E-state index in [1.54, 1.807) is 0 Å². The molecule has 3 nitrogen and oxygen atoms in total. The molecule has 2 aliphatic heterocycles. The molecular weight excluding hydrogens is 346 g/mol. The lowest BCUT2D eigenvalue weighted by molar-refractivity contribution is 0.460. The molecule has 0 fully saturated rings. The highest BCUT2D eigenvalue weighted by molar-refractivity contribution is 5.75. The molecular formula is C25H19NO2. The number of ether oxygens (including phenoxy) is 2. The molecule has 0 spiro atoms. The third-order valence-electron chi connectivity index (χ3n) is 4.81. The minimum Gasteiger partial charge on any atom is -0.457 e. The second-order valence-corrected chi connectivity index (χ2v) is 6.71. The number of rotatable bonds is 0. The minimum atomic E-state index is 0.881. The summed E-state index contributed by atoms with van der Waals surface area (Å²) in [7, 11) is 0. The molecule has 28 heavy (non-hydrogen) atoms. The van der Waals surface area contributed by atoms with Gasteiger partial charge in [-0.15, -0.1) is 0 Å². The van der Waals surface area contributed by atoms with Gasteiger partial charge in [0.25, 0.3) is 0 Å². The summed E-state index contributed by atoms with van der Waals surface area (Å²) in [6.07, 6.45) is 0.979. The topological polar surface area (TPSA) is 30.5 Å². The molecule has 0 radical (unpaired) electrons. The maximum Gasteiger partial charge on any atom is 0.150 e. The Labute approximate surface area is 164 Å². The highest BCUT2D eigenvalue weighted by Crippen LogP contribution is 2.41. The van der Waals surface area contributed by atoms with Crippen LogP contribution in [0.25, 0.3) is 0 Å². The SMILES string of the molecule is c1ccc2c(c1)Cc1ccccc1O2.c1ccc2c(c1)Nc1ccccc1O2. The molecule has 1 N–H and O–H groups in total. The van der Waals surface area contributed by atoms with Crippen molar-refractivity contribution in [1.82, 2.24) is 0 Å². The van der Waals surface area contributed by atoms with Crippen molar-refractivity contribution in [1.29, 1.82) is 0 Å². The molecule has 136 valence electrons. The Morgan fingerprint density at radius 3 is 1.39 bits per heavy atom. The van der Waals surface area contributed by atoms with E-state index in [4.69, 9.17) is 9.47 Å². The Balaban J connectivity index is 0.000000122. The van der Waals surface area contributed by atoms with Crippen molar-refractivity contribution in [2.45, 2.75) is 6.42 Å². The number of para-hydroxylation sites is 6. The van der Waals surface area contributed by atoms with Gasteiger partial charge >= 0.3 is 0 Å². The number of hydrogen-bond acceptors (Lipinski definition) is 3. The molecule has 0 saturated heterocycles. The smallest absolute Gasteiger partial charge is 0.150 e. The van der Waals surface area contributed by atoms with E-state index in [1.165, 1.54) is 11.1 Å². The van der Waals surface area contributed by atoms with Crippen molar-refractivity contribution in [2.75, 3.05) is 5.32 Å². The predicted molar refractivity (Wildman–Crippen MR) is 112 cm³/mol. The first-order chi connectivity index (χ1) is 13.9. The second kappa shape index (κ2) is 7.12. The molecule has 2 aliphatic rings. The van der Waals surface area contributed by atoms with Gasteiger partial charge in [0.05, 0.1) is 11.4 Å². The lowest BCUT2D eigenvalue weighted by atomic mass is 10.0. The molecule has 3 heteroatoms. The van der Waals surface area contributed by atoms with Gasteiger partial charge in [0.15, 0.2) is 11.5 Å². The van der Waals surface area contributed by atoms with Gasteiger partial charge in [-0.05, 0) is 47.5 Å². The van der Waals surface area contributed by atoms with E-state index in [0.717, 1.165) is 40.8 Å². The van der Waals surface area contributed by atoms with E-state index in [1.807, 2.05) is 72.8 Å². The van der Waals surface area contributed by atoms with Crippen molar-refractivity contribution < 1.29 is 9.47 Å². The number of anilines is 2. The predicted octanol–water partition coefficient (Wildman–Crippen LogP) is 6.92. The van der Waals surface area contributed by atoms with E-state index in [0.29, 0.717) is 0 Å². The van der Waals surface area contributed by atoms with Crippen molar-refractivity contribution in [3.05, 3.63) is 108 Å². The summed E-state index contributed by atoms with van der Waals surface area (Å²) in [5, 5.41) is 3.32. The fourth-order valence-corrected chi connectivity index (χ4v) is 3.40. The molecule has 0 unspecified atom stereocenters. The monoisotopic (exact) mass is 365 g/mol. The third kappa shape index (κ3) is 3.19. The Morgan fingerprint density at radius 1 is 0.464 bits per heavy atom. The maximum absolute atomic E-state index is 5.78. The van der Waals surface area contributed by atoms with E-state index >= 15 is 0 Å². The van der Waals surface area contributed by atoms with Gasteiger partial charge < -0.3 is 14.8 Å². The molecule has 6 rings (SSSR count). The quantitative estimate of drug-likeness (QED) is 0.317. The first kappa shape index (κ1) is 16.5. The van der Waals surface area contributed by atoms with Gasteiger partial charge in [0.2, 0.25) is 0 Å². The van der Waals surface area contributed by atoms with Crippen LogP contribution in [0.4, 0.5) is 11.4 Å². The van der Waals surface area contributed by atoms with Crippen molar-refractivity contribution in [3.63, 3.8) is 0 Å². The molecule has 0 aliphatic carbocycles. The zero-order chi connectivity index (χ0) is 18.8. The van der Waals surface area contributed by atoms with Crippen LogP contribution in [0.5, 0.6) is 23.0 Å². The first-order valence-corrected chi connectivity index (χ1v) is 9.33. The molecule has 0 aromatic heterocycles. The summed E-state index contributed by atoms with van der Waals surface area (Å²) in [5.41, 5.74) is 4.58. The average molecular weight is 365 g/mol. The third-order valence-corrected chi connectivity index (χ3v) is 4.81. The lowest BCUT2D eigenvalue weighted by Gasteiger charge is -2.20. The zero-order valence-corrected chi connectivity index (χ0v) is 15.3. The zero-order valence-electron chi connectivity index (χ0n) is 15.3. The highest BCUT2D eigenvalue weighted by Gasteiger charge is 2.15. The molecule has 0 atom stereocenters. The van der Waals surface area contributed by atoms with E-state index < -0.39 is 0 Å². The van der Waals surface area contributed by atoms with Crippen LogP contribution in [0, 0.1) is 0 Å². The number of benzene rings is 4. The van der Waals surface area contributed by atoms with Gasteiger partial charge in [-0.1, -0.05) is 60.7 Å². The number of nitrogens with one attached hydrogen (secondary N) is 1. The lowest BCUT2D eigenvalue weighted by Crippen LogP contribution is -2.01. The van der Waals surface area contributed by atoms with Crippen LogP contribution in [-0.4, -0.2) is 0 Å². The van der Waals surface area contributed by atoms with Gasteiger partial charge in [0.1, 0.15) is 11.5 Å². The molecule has 0 saturated carbocycles. The fraction of sp³-hybridized carbons (Fsp3) is 0.0400. The summed E-state index contributed by atoms with van der Waals surface area (Å²) in [5.74, 6) is 3.75. The van der Waals surface area contributed by atoms with Gasteiger partial charge in [-0.25, -0.2) is 0 Å². The van der Waals surface area contributed by atoms with Gasteiger partial charge in [-0.2, -0.15) is 0 Å². The summed E-state index contributed by atoms with van der Waals surface area (Å²) >= 11 is 0. The van der Waals surface area contributed by atoms with Crippen LogP contribution in [0.2, 0.25) is 0 Å². The van der Waals surface area contributed by atoms with Crippen molar-refractivity contribution >= 4 is 11.4 Å². The minimum absolute atomic E-state index is 0.881. The summed E-state index contributed by atoms with van der Waals surface area (Å²) < 4.78 is 11.5. The Morgan fingerprint density at radius 2 is 0.857 bits per heavy atom. The van der Waals surface area contributed by atoms with E-state index in [-0.39, 0.29) is 0 Å².